The van der Waals surface area contributed by atoms with Crippen molar-refractivity contribution in [2.75, 3.05) is 5.32 Å². The molecule has 0 saturated heterocycles. The maximum absolute atomic E-state index is 6.26. The lowest BCUT2D eigenvalue weighted by atomic mass is 9.89. The van der Waals surface area contributed by atoms with E-state index in [2.05, 4.69) is 121 Å². The number of imidazole rings is 1. The van der Waals surface area contributed by atoms with Gasteiger partial charge in [0.1, 0.15) is 23.2 Å². The Morgan fingerprint density at radius 3 is 2.10 bits per heavy atom. The van der Waals surface area contributed by atoms with E-state index in [0.29, 0.717) is 11.8 Å². The first kappa shape index (κ1) is 27.8. The largest absolute Gasteiger partial charge is 0.460 e. The number of hydrogen-bond donors (Lipinski definition) is 1. The Labute approximate surface area is 239 Å². The van der Waals surface area contributed by atoms with Crippen LogP contribution in [0.4, 0.5) is 5.69 Å². The normalized spacial score (nSPS) is 12.6. The first-order valence-electron chi connectivity index (χ1n) is 14.6. The summed E-state index contributed by atoms with van der Waals surface area (Å²) in [5.41, 5.74) is 12.0. The van der Waals surface area contributed by atoms with Crippen LogP contribution in [0.2, 0.25) is 0 Å². The third-order valence-electron chi connectivity index (χ3n) is 8.10. The van der Waals surface area contributed by atoms with Crippen molar-refractivity contribution in [2.24, 2.45) is 7.05 Å². The molecule has 0 bridgehead atoms. The van der Waals surface area contributed by atoms with Crippen LogP contribution >= 0.6 is 0 Å². The van der Waals surface area contributed by atoms with E-state index in [9.17, 15) is 0 Å². The van der Waals surface area contributed by atoms with Crippen molar-refractivity contribution in [3.8, 4) is 11.3 Å². The minimum Gasteiger partial charge on any atom is -0.460 e. The van der Waals surface area contributed by atoms with Gasteiger partial charge in [-0.1, -0.05) is 88.7 Å². The maximum atomic E-state index is 6.26. The fourth-order valence-corrected chi connectivity index (χ4v) is 6.27. The summed E-state index contributed by atoms with van der Waals surface area (Å²) in [5, 5.41) is 5.19. The van der Waals surface area contributed by atoms with Crippen molar-refractivity contribution < 1.29 is 4.42 Å². The van der Waals surface area contributed by atoms with Crippen LogP contribution in [0.5, 0.6) is 0 Å². The lowest BCUT2D eigenvalue weighted by molar-refractivity contribution is 0.558. The molecule has 2 aromatic heterocycles. The Kier molecular flexibility index (Phi) is 7.63. The van der Waals surface area contributed by atoms with Crippen molar-refractivity contribution >= 4 is 16.7 Å². The molecule has 4 heteroatoms. The molecule has 2 heterocycles. The summed E-state index contributed by atoms with van der Waals surface area (Å²) >= 11 is 0. The first-order valence-corrected chi connectivity index (χ1v) is 14.6. The molecule has 1 atom stereocenters. The van der Waals surface area contributed by atoms with Gasteiger partial charge in [-0.2, -0.15) is 0 Å². The van der Waals surface area contributed by atoms with Crippen molar-refractivity contribution in [3.63, 3.8) is 0 Å². The minimum absolute atomic E-state index is 0.125. The zero-order valence-electron chi connectivity index (χ0n) is 25.5. The van der Waals surface area contributed by atoms with Crippen molar-refractivity contribution in [1.82, 2.24) is 9.55 Å². The third-order valence-corrected chi connectivity index (χ3v) is 8.10. The number of nitrogens with one attached hydrogen (secondary N) is 1. The third kappa shape index (κ3) is 4.96. The highest BCUT2D eigenvalue weighted by Gasteiger charge is 2.28. The molecule has 0 aliphatic rings. The van der Waals surface area contributed by atoms with Gasteiger partial charge >= 0.3 is 0 Å². The maximum Gasteiger partial charge on any atom is 0.136 e. The molecule has 40 heavy (non-hydrogen) atoms. The van der Waals surface area contributed by atoms with E-state index in [1.165, 1.54) is 39.1 Å². The van der Waals surface area contributed by atoms with Gasteiger partial charge in [0, 0.05) is 30.7 Å². The van der Waals surface area contributed by atoms with Crippen molar-refractivity contribution in [1.29, 1.82) is 0 Å². The highest BCUT2D eigenvalue weighted by molar-refractivity contribution is 5.94. The SMILES string of the molecule is CCc1oc2ccccc2c1-c1cn(C)c([C@@H](Nc2c(C(C)C)cccc2C(C)C)c2c(C)cc(C)cc2C)n1. The molecular weight excluding hydrogens is 490 g/mol. The van der Waals surface area contributed by atoms with E-state index < -0.39 is 0 Å². The number of anilines is 1. The average molecular weight is 534 g/mol. The molecule has 0 aliphatic carbocycles. The summed E-state index contributed by atoms with van der Waals surface area (Å²) in [6.07, 6.45) is 2.98. The molecule has 3 aromatic carbocycles. The van der Waals surface area contributed by atoms with E-state index in [-0.39, 0.29) is 6.04 Å². The zero-order chi connectivity index (χ0) is 28.7. The van der Waals surface area contributed by atoms with Gasteiger partial charge in [-0.05, 0) is 66.5 Å². The second-order valence-corrected chi connectivity index (χ2v) is 11.9. The van der Waals surface area contributed by atoms with Gasteiger partial charge in [-0.15, -0.1) is 0 Å². The van der Waals surface area contributed by atoms with E-state index >= 15 is 0 Å². The Balaban J connectivity index is 1.74. The summed E-state index contributed by atoms with van der Waals surface area (Å²) < 4.78 is 8.46. The van der Waals surface area contributed by atoms with Gasteiger partial charge in [0.25, 0.3) is 0 Å². The smallest absolute Gasteiger partial charge is 0.136 e. The number of aromatic nitrogens is 2. The molecule has 0 radical (unpaired) electrons. The highest BCUT2D eigenvalue weighted by atomic mass is 16.3. The minimum atomic E-state index is -0.125. The molecule has 5 rings (SSSR count). The molecule has 0 aliphatic heterocycles. The molecule has 1 N–H and O–H groups in total. The van der Waals surface area contributed by atoms with Gasteiger partial charge in [0.15, 0.2) is 0 Å². The highest BCUT2D eigenvalue weighted by Crippen LogP contribution is 2.40. The van der Waals surface area contributed by atoms with Gasteiger partial charge in [-0.3, -0.25) is 0 Å². The van der Waals surface area contributed by atoms with E-state index in [0.717, 1.165) is 40.2 Å². The van der Waals surface area contributed by atoms with Gasteiger partial charge < -0.3 is 14.3 Å². The fourth-order valence-electron chi connectivity index (χ4n) is 6.27. The monoisotopic (exact) mass is 533 g/mol. The molecule has 0 saturated carbocycles. The molecule has 0 unspecified atom stereocenters. The van der Waals surface area contributed by atoms with Gasteiger partial charge in [0.05, 0.1) is 11.3 Å². The number of furan rings is 1. The van der Waals surface area contributed by atoms with Crippen LogP contribution in [-0.2, 0) is 13.5 Å². The summed E-state index contributed by atoms with van der Waals surface area (Å²) in [5.74, 6) is 2.75. The topological polar surface area (TPSA) is 43.0 Å². The molecule has 0 fully saturated rings. The van der Waals surface area contributed by atoms with Crippen LogP contribution in [-0.4, -0.2) is 9.55 Å². The van der Waals surface area contributed by atoms with Crippen LogP contribution in [0.15, 0.2) is 65.2 Å². The second-order valence-electron chi connectivity index (χ2n) is 11.9. The molecule has 0 spiro atoms. The Bertz CT molecular complexity index is 1620. The van der Waals surface area contributed by atoms with Crippen molar-refractivity contribution in [2.45, 2.75) is 79.7 Å². The number of rotatable bonds is 8. The van der Waals surface area contributed by atoms with Gasteiger partial charge in [0.2, 0.25) is 0 Å². The van der Waals surface area contributed by atoms with Crippen molar-refractivity contribution in [3.05, 3.63) is 106 Å². The lowest BCUT2D eigenvalue weighted by Crippen LogP contribution is -2.21. The van der Waals surface area contributed by atoms with E-state index in [1.807, 2.05) is 12.1 Å². The van der Waals surface area contributed by atoms with Crippen LogP contribution in [0, 0.1) is 20.8 Å². The number of aryl methyl sites for hydroxylation is 5. The summed E-state index contributed by atoms with van der Waals surface area (Å²) in [4.78, 5) is 5.38. The number of fused-ring (bicyclic) bond motifs is 1. The lowest BCUT2D eigenvalue weighted by Gasteiger charge is -2.28. The second kappa shape index (κ2) is 11.0. The van der Waals surface area contributed by atoms with E-state index in [1.54, 1.807) is 0 Å². The molecule has 208 valence electrons. The standard InChI is InChI=1S/C36H43N3O/c1-10-30-33(28-14-11-12-17-31(28)40-30)29-20-39(9)36(37-29)35(32-24(7)18-23(6)19-25(32)8)38-34-26(21(2)3)15-13-16-27(34)22(4)5/h11-22,35,38H,10H2,1-9H3/t35-/m0/s1. The van der Waals surface area contributed by atoms with Crippen LogP contribution in [0.25, 0.3) is 22.2 Å². The predicted molar refractivity (Wildman–Crippen MR) is 169 cm³/mol. The molecule has 4 nitrogen and oxygen atoms in total. The predicted octanol–water partition coefficient (Wildman–Crippen LogP) is 9.77. The average Bonchev–Trinajstić information content (AvgIpc) is 3.47. The van der Waals surface area contributed by atoms with Crippen LogP contribution < -0.4 is 5.32 Å². The molecule has 5 aromatic rings. The molecular formula is C36H43N3O. The Hall–Kier alpha value is -3.79. The van der Waals surface area contributed by atoms with E-state index in [4.69, 9.17) is 9.40 Å². The Morgan fingerprint density at radius 2 is 1.50 bits per heavy atom. The van der Waals surface area contributed by atoms with Crippen LogP contribution in [0.1, 0.15) is 97.5 Å². The quantitative estimate of drug-likeness (QED) is 0.216. The number of nitrogens with zero attached hydrogens (tertiary/aromatic N) is 2. The number of hydrogen-bond acceptors (Lipinski definition) is 3. The zero-order valence-corrected chi connectivity index (χ0v) is 25.5. The first-order chi connectivity index (χ1) is 19.1. The Morgan fingerprint density at radius 1 is 0.875 bits per heavy atom. The summed E-state index contributed by atoms with van der Waals surface area (Å²) in [6.45, 7) is 17.9. The van der Waals surface area contributed by atoms with Gasteiger partial charge in [-0.25, -0.2) is 4.98 Å². The number of benzene rings is 3. The molecule has 0 amide bonds. The summed E-state index contributed by atoms with van der Waals surface area (Å²) in [6, 6.07) is 19.5. The summed E-state index contributed by atoms with van der Waals surface area (Å²) in [7, 11) is 2.12. The number of para-hydroxylation sites is 2. The fraction of sp³-hybridized carbons (Fsp3) is 0.361. The van der Waals surface area contributed by atoms with Crippen LogP contribution in [0.3, 0.4) is 0 Å².